The molecule has 8 heteroatoms. The molecule has 0 aliphatic rings. The van der Waals surface area contributed by atoms with Gasteiger partial charge in [-0.05, 0) is 13.8 Å². The average molecular weight is 240 g/mol. The van der Waals surface area contributed by atoms with E-state index in [-0.39, 0.29) is 12.1 Å². The van der Waals surface area contributed by atoms with Crippen LogP contribution in [0.15, 0.2) is 0 Å². The number of amides is 3. The quantitative estimate of drug-likeness (QED) is 0.649. The third kappa shape index (κ3) is 2.80. The lowest BCUT2D eigenvalue weighted by molar-refractivity contribution is -0.120. The molecule has 0 aromatic carbocycles. The number of aryl methyl sites for hydroxylation is 1. The molecule has 0 saturated carbocycles. The first-order chi connectivity index (χ1) is 7.82. The highest BCUT2D eigenvalue weighted by atomic mass is 16.4. The molecule has 1 rings (SSSR count). The van der Waals surface area contributed by atoms with Crippen molar-refractivity contribution < 1.29 is 19.5 Å². The number of rotatable bonds is 3. The van der Waals surface area contributed by atoms with Gasteiger partial charge in [-0.1, -0.05) is 0 Å². The van der Waals surface area contributed by atoms with Crippen LogP contribution < -0.4 is 11.1 Å². The molecule has 0 aliphatic heterocycles. The zero-order chi connectivity index (χ0) is 13.2. The number of nitrogens with zero attached hydrogens (tertiary/aromatic N) is 2. The highest BCUT2D eigenvalue weighted by Crippen LogP contribution is 2.12. The minimum Gasteiger partial charge on any atom is -0.478 e. The van der Waals surface area contributed by atoms with Crippen molar-refractivity contribution in [3.63, 3.8) is 0 Å². The van der Waals surface area contributed by atoms with Crippen molar-refractivity contribution in [1.29, 1.82) is 0 Å². The number of carbonyl (C=O) groups excluding carboxylic acids is 2. The van der Waals surface area contributed by atoms with Crippen molar-refractivity contribution in [2.75, 3.05) is 0 Å². The van der Waals surface area contributed by atoms with E-state index in [1.54, 1.807) is 0 Å². The summed E-state index contributed by atoms with van der Waals surface area (Å²) < 4.78 is 1.21. The summed E-state index contributed by atoms with van der Waals surface area (Å²) in [7, 11) is 0. The fourth-order valence-corrected chi connectivity index (χ4v) is 1.47. The number of carbonyl (C=O) groups is 3. The molecule has 0 radical (unpaired) electrons. The van der Waals surface area contributed by atoms with Gasteiger partial charge in [-0.15, -0.1) is 0 Å². The van der Waals surface area contributed by atoms with Crippen LogP contribution >= 0.6 is 0 Å². The van der Waals surface area contributed by atoms with Gasteiger partial charge in [0.1, 0.15) is 12.1 Å². The summed E-state index contributed by atoms with van der Waals surface area (Å²) in [6, 6.07) is -0.963. The summed E-state index contributed by atoms with van der Waals surface area (Å²) in [5, 5.41) is 14.7. The van der Waals surface area contributed by atoms with Gasteiger partial charge in [0.05, 0.1) is 11.4 Å². The summed E-state index contributed by atoms with van der Waals surface area (Å²) in [5.74, 6) is -1.76. The Morgan fingerprint density at radius 2 is 2.00 bits per heavy atom. The number of aromatic carboxylic acids is 1. The van der Waals surface area contributed by atoms with E-state index in [0.717, 1.165) is 0 Å². The van der Waals surface area contributed by atoms with Gasteiger partial charge in [-0.25, -0.2) is 9.59 Å². The second-order valence-electron chi connectivity index (χ2n) is 3.42. The summed E-state index contributed by atoms with van der Waals surface area (Å²) in [4.78, 5) is 32.6. The van der Waals surface area contributed by atoms with Gasteiger partial charge in [-0.3, -0.25) is 14.8 Å². The maximum Gasteiger partial charge on any atom is 0.339 e. The van der Waals surface area contributed by atoms with Crippen LogP contribution in [-0.2, 0) is 11.3 Å². The van der Waals surface area contributed by atoms with Crippen LogP contribution in [0.2, 0.25) is 0 Å². The molecule has 1 aromatic heterocycles. The molecule has 0 unspecified atom stereocenters. The monoisotopic (exact) mass is 240 g/mol. The second kappa shape index (κ2) is 4.64. The van der Waals surface area contributed by atoms with Gasteiger partial charge < -0.3 is 10.8 Å². The number of nitrogens with one attached hydrogen (secondary N) is 1. The Morgan fingerprint density at radius 1 is 1.41 bits per heavy atom. The number of imide groups is 1. The molecule has 0 bridgehead atoms. The Morgan fingerprint density at radius 3 is 2.41 bits per heavy atom. The van der Waals surface area contributed by atoms with E-state index in [2.05, 4.69) is 5.10 Å². The maximum absolute atomic E-state index is 11.2. The Kier molecular flexibility index (Phi) is 3.46. The Bertz CT molecular complexity index is 491. The van der Waals surface area contributed by atoms with E-state index in [9.17, 15) is 14.4 Å². The minimum atomic E-state index is -1.11. The van der Waals surface area contributed by atoms with Crippen LogP contribution in [0.1, 0.15) is 21.7 Å². The first-order valence-corrected chi connectivity index (χ1v) is 4.69. The van der Waals surface area contributed by atoms with Crippen LogP contribution in [0.4, 0.5) is 4.79 Å². The van der Waals surface area contributed by atoms with E-state index >= 15 is 0 Å². The van der Waals surface area contributed by atoms with Gasteiger partial charge in [0.15, 0.2) is 0 Å². The van der Waals surface area contributed by atoms with Gasteiger partial charge in [0.2, 0.25) is 5.91 Å². The number of aromatic nitrogens is 2. The summed E-state index contributed by atoms with van der Waals surface area (Å²) >= 11 is 0. The second-order valence-corrected chi connectivity index (χ2v) is 3.42. The van der Waals surface area contributed by atoms with E-state index < -0.39 is 17.9 Å². The standard InChI is InChI=1S/C9H12N4O4/c1-4-7(8(15)16)5(2)13(12-4)3-6(14)11-9(10)17/h3H2,1-2H3,(H,15,16)(H3,10,11,14,17). The normalized spacial score (nSPS) is 10.0. The Labute approximate surface area is 96.4 Å². The molecule has 0 saturated heterocycles. The molecule has 3 amide bonds. The number of primary amides is 1. The molecule has 8 nitrogen and oxygen atoms in total. The molecule has 0 spiro atoms. The van der Waals surface area contributed by atoms with Gasteiger partial charge in [0.25, 0.3) is 0 Å². The lowest BCUT2D eigenvalue weighted by Crippen LogP contribution is -2.37. The number of carboxylic acid groups (broad SMARTS) is 1. The van der Waals surface area contributed by atoms with Crippen molar-refractivity contribution in [3.05, 3.63) is 17.0 Å². The van der Waals surface area contributed by atoms with Crippen molar-refractivity contribution in [2.45, 2.75) is 20.4 Å². The minimum absolute atomic E-state index is 0.0527. The third-order valence-electron chi connectivity index (χ3n) is 2.15. The van der Waals surface area contributed by atoms with E-state index in [1.807, 2.05) is 5.32 Å². The summed E-state index contributed by atoms with van der Waals surface area (Å²) in [6.45, 7) is 2.79. The fourth-order valence-electron chi connectivity index (χ4n) is 1.47. The Balaban J connectivity index is 2.94. The molecule has 0 atom stereocenters. The molecule has 17 heavy (non-hydrogen) atoms. The van der Waals surface area contributed by atoms with Gasteiger partial charge >= 0.3 is 12.0 Å². The van der Waals surface area contributed by atoms with Crippen LogP contribution in [0.25, 0.3) is 0 Å². The van der Waals surface area contributed by atoms with Crippen LogP contribution in [-0.4, -0.2) is 32.8 Å². The number of urea groups is 1. The molecular formula is C9H12N4O4. The van der Waals surface area contributed by atoms with Crippen molar-refractivity contribution in [1.82, 2.24) is 15.1 Å². The molecule has 1 aromatic rings. The fraction of sp³-hybridized carbons (Fsp3) is 0.333. The number of hydrogen-bond donors (Lipinski definition) is 3. The highest BCUT2D eigenvalue weighted by molar-refractivity contribution is 5.93. The first kappa shape index (κ1) is 12.7. The summed E-state index contributed by atoms with van der Waals surface area (Å²) in [6.07, 6.45) is 0. The van der Waals surface area contributed by atoms with E-state index in [4.69, 9.17) is 10.8 Å². The Hall–Kier alpha value is -2.38. The predicted octanol–water partition coefficient (Wildman–Crippen LogP) is -0.607. The van der Waals surface area contributed by atoms with Crippen molar-refractivity contribution >= 4 is 17.9 Å². The SMILES string of the molecule is Cc1nn(CC(=O)NC(N)=O)c(C)c1C(=O)O. The molecule has 92 valence electrons. The van der Waals surface area contributed by atoms with E-state index in [1.165, 1.54) is 18.5 Å². The van der Waals surface area contributed by atoms with Gasteiger partial charge in [0, 0.05) is 0 Å². The largest absolute Gasteiger partial charge is 0.478 e. The maximum atomic E-state index is 11.2. The van der Waals surface area contributed by atoms with Crippen molar-refractivity contribution in [3.8, 4) is 0 Å². The zero-order valence-electron chi connectivity index (χ0n) is 9.35. The molecule has 0 fully saturated rings. The number of carboxylic acids is 1. The van der Waals surface area contributed by atoms with E-state index in [0.29, 0.717) is 11.4 Å². The molecule has 4 N–H and O–H groups in total. The number of nitrogens with two attached hydrogens (primary N) is 1. The molecule has 0 aliphatic carbocycles. The summed E-state index contributed by atoms with van der Waals surface area (Å²) in [5.41, 5.74) is 5.48. The molecular weight excluding hydrogens is 228 g/mol. The number of hydrogen-bond acceptors (Lipinski definition) is 4. The van der Waals surface area contributed by atoms with Crippen LogP contribution in [0.3, 0.4) is 0 Å². The molecule has 1 heterocycles. The first-order valence-electron chi connectivity index (χ1n) is 4.69. The lowest BCUT2D eigenvalue weighted by atomic mass is 10.2. The van der Waals surface area contributed by atoms with Crippen LogP contribution in [0, 0.1) is 13.8 Å². The topological polar surface area (TPSA) is 127 Å². The highest BCUT2D eigenvalue weighted by Gasteiger charge is 2.19. The predicted molar refractivity (Wildman–Crippen MR) is 56.4 cm³/mol. The van der Waals surface area contributed by atoms with Gasteiger partial charge in [-0.2, -0.15) is 5.10 Å². The smallest absolute Gasteiger partial charge is 0.339 e. The zero-order valence-corrected chi connectivity index (χ0v) is 9.35. The van der Waals surface area contributed by atoms with Crippen LogP contribution in [0.5, 0.6) is 0 Å². The average Bonchev–Trinajstić information content (AvgIpc) is 2.39. The third-order valence-corrected chi connectivity index (χ3v) is 2.15. The van der Waals surface area contributed by atoms with Crippen molar-refractivity contribution in [2.24, 2.45) is 5.73 Å². The lowest BCUT2D eigenvalue weighted by Gasteiger charge is -2.03.